The lowest BCUT2D eigenvalue weighted by molar-refractivity contribution is 0.0315. The Kier molecular flexibility index (Phi) is 7.07. The van der Waals surface area contributed by atoms with Crippen LogP contribution in [0.4, 0.5) is 0 Å². The van der Waals surface area contributed by atoms with Crippen LogP contribution >= 0.6 is 11.3 Å². The summed E-state index contributed by atoms with van der Waals surface area (Å²) in [6.07, 6.45) is 5.30. The van der Waals surface area contributed by atoms with Crippen molar-refractivity contribution >= 4 is 17.3 Å². The van der Waals surface area contributed by atoms with Gasteiger partial charge in [0.25, 0.3) is 0 Å². The van der Waals surface area contributed by atoms with E-state index in [0.717, 1.165) is 70.7 Å². The van der Waals surface area contributed by atoms with Crippen molar-refractivity contribution in [3.63, 3.8) is 0 Å². The molecule has 0 aliphatic carbocycles. The minimum absolute atomic E-state index is 0.739. The van der Waals surface area contributed by atoms with E-state index in [1.165, 1.54) is 22.9 Å². The molecular weight excluding hydrogens is 334 g/mol. The van der Waals surface area contributed by atoms with Crippen molar-refractivity contribution in [3.05, 3.63) is 16.1 Å². The van der Waals surface area contributed by atoms with Crippen molar-refractivity contribution in [2.45, 2.75) is 26.2 Å². The van der Waals surface area contributed by atoms with Crippen LogP contribution in [0.5, 0.6) is 0 Å². The first-order valence-electron chi connectivity index (χ1n) is 9.47. The molecule has 0 radical (unpaired) electrons. The lowest BCUT2D eigenvalue weighted by atomic mass is 10.1. The lowest BCUT2D eigenvalue weighted by Gasteiger charge is -2.29. The van der Waals surface area contributed by atoms with E-state index in [4.69, 9.17) is 4.74 Å². The van der Waals surface area contributed by atoms with Gasteiger partial charge in [0.15, 0.2) is 5.96 Å². The van der Waals surface area contributed by atoms with Gasteiger partial charge in [0.2, 0.25) is 0 Å². The van der Waals surface area contributed by atoms with Crippen LogP contribution in [-0.4, -0.2) is 80.3 Å². The number of aromatic nitrogens is 1. The number of nitrogens with zero attached hydrogens (tertiary/aromatic N) is 4. The molecule has 25 heavy (non-hydrogen) atoms. The van der Waals surface area contributed by atoms with Gasteiger partial charge in [-0.25, -0.2) is 4.98 Å². The SMILES string of the molecule is CCc1cnc(CCNC(=NC)N2CCC(CN3CCOCC3)C2)s1. The van der Waals surface area contributed by atoms with Crippen LogP contribution in [-0.2, 0) is 17.6 Å². The van der Waals surface area contributed by atoms with E-state index in [2.05, 4.69) is 32.0 Å². The summed E-state index contributed by atoms with van der Waals surface area (Å²) in [6, 6.07) is 0. The Labute approximate surface area is 155 Å². The molecule has 1 aromatic rings. The summed E-state index contributed by atoms with van der Waals surface area (Å²) < 4.78 is 5.44. The Morgan fingerprint density at radius 1 is 1.40 bits per heavy atom. The number of hydrogen-bond acceptors (Lipinski definition) is 5. The minimum atomic E-state index is 0.739. The highest BCUT2D eigenvalue weighted by Crippen LogP contribution is 2.18. The average molecular weight is 366 g/mol. The van der Waals surface area contributed by atoms with Crippen LogP contribution in [0.1, 0.15) is 23.2 Å². The van der Waals surface area contributed by atoms with Crippen molar-refractivity contribution < 1.29 is 4.74 Å². The number of likely N-dealkylation sites (tertiary alicyclic amines) is 1. The first-order valence-corrected chi connectivity index (χ1v) is 10.3. The van der Waals surface area contributed by atoms with E-state index >= 15 is 0 Å². The highest BCUT2D eigenvalue weighted by Gasteiger charge is 2.26. The molecule has 6 nitrogen and oxygen atoms in total. The zero-order chi connectivity index (χ0) is 17.5. The summed E-state index contributed by atoms with van der Waals surface area (Å²) in [5.74, 6) is 1.78. The summed E-state index contributed by atoms with van der Waals surface area (Å²) >= 11 is 1.82. The molecule has 3 heterocycles. The van der Waals surface area contributed by atoms with Crippen LogP contribution in [0.2, 0.25) is 0 Å². The fourth-order valence-corrected chi connectivity index (χ4v) is 4.43. The Bertz CT molecular complexity index is 555. The van der Waals surface area contributed by atoms with E-state index in [0.29, 0.717) is 0 Å². The maximum Gasteiger partial charge on any atom is 0.193 e. The smallest absolute Gasteiger partial charge is 0.193 e. The molecule has 1 atom stereocenters. The van der Waals surface area contributed by atoms with E-state index in [-0.39, 0.29) is 0 Å². The van der Waals surface area contributed by atoms with Gasteiger partial charge in [-0.05, 0) is 18.8 Å². The third kappa shape index (κ3) is 5.39. The second-order valence-electron chi connectivity index (χ2n) is 6.81. The molecule has 1 aromatic heterocycles. The summed E-state index contributed by atoms with van der Waals surface area (Å²) in [5.41, 5.74) is 0. The van der Waals surface area contributed by atoms with Crippen LogP contribution < -0.4 is 5.32 Å². The Hall–Kier alpha value is -1.18. The molecule has 0 bridgehead atoms. The summed E-state index contributed by atoms with van der Waals surface area (Å²) in [7, 11) is 1.89. The topological polar surface area (TPSA) is 53.0 Å². The maximum absolute atomic E-state index is 5.44. The first kappa shape index (κ1) is 18.6. The normalized spacial score (nSPS) is 22.6. The van der Waals surface area contributed by atoms with Crippen molar-refractivity contribution in [3.8, 4) is 0 Å². The number of morpholine rings is 1. The number of aryl methyl sites for hydroxylation is 1. The average Bonchev–Trinajstić information content (AvgIpc) is 3.29. The number of nitrogens with one attached hydrogen (secondary N) is 1. The van der Waals surface area contributed by atoms with Gasteiger partial charge in [0.05, 0.1) is 18.2 Å². The maximum atomic E-state index is 5.44. The molecule has 0 aromatic carbocycles. The Morgan fingerprint density at radius 3 is 2.96 bits per heavy atom. The lowest BCUT2D eigenvalue weighted by Crippen LogP contribution is -2.42. The van der Waals surface area contributed by atoms with Gasteiger partial charge in [-0.15, -0.1) is 11.3 Å². The van der Waals surface area contributed by atoms with Gasteiger partial charge in [-0.2, -0.15) is 0 Å². The number of rotatable bonds is 6. The zero-order valence-corrected chi connectivity index (χ0v) is 16.4. The van der Waals surface area contributed by atoms with Gasteiger partial charge in [-0.3, -0.25) is 9.89 Å². The number of ether oxygens (including phenoxy) is 1. The van der Waals surface area contributed by atoms with E-state index < -0.39 is 0 Å². The molecule has 140 valence electrons. The van der Waals surface area contributed by atoms with Gasteiger partial charge in [0, 0.05) is 63.8 Å². The van der Waals surface area contributed by atoms with Gasteiger partial charge >= 0.3 is 0 Å². The molecule has 0 spiro atoms. The van der Waals surface area contributed by atoms with Crippen molar-refractivity contribution in [1.29, 1.82) is 0 Å². The van der Waals surface area contributed by atoms with Gasteiger partial charge in [-0.1, -0.05) is 6.92 Å². The third-order valence-corrected chi connectivity index (χ3v) is 6.19. The Balaban J connectivity index is 1.40. The third-order valence-electron chi connectivity index (χ3n) is 4.99. The van der Waals surface area contributed by atoms with Crippen molar-refractivity contribution in [2.24, 2.45) is 10.9 Å². The largest absolute Gasteiger partial charge is 0.379 e. The molecule has 3 rings (SSSR count). The molecule has 1 N–H and O–H groups in total. The number of hydrogen-bond donors (Lipinski definition) is 1. The summed E-state index contributed by atoms with van der Waals surface area (Å²) in [5, 5.41) is 4.73. The predicted octanol–water partition coefficient (Wildman–Crippen LogP) is 1.48. The number of thiazole rings is 1. The summed E-state index contributed by atoms with van der Waals surface area (Å²) in [4.78, 5) is 15.3. The van der Waals surface area contributed by atoms with Gasteiger partial charge in [0.1, 0.15) is 0 Å². The highest BCUT2D eigenvalue weighted by molar-refractivity contribution is 7.11. The standard InChI is InChI=1S/C18H31N5OS/c1-3-16-12-21-17(25-16)4-6-20-18(19-2)23-7-5-15(14-23)13-22-8-10-24-11-9-22/h12,15H,3-11,13-14H2,1-2H3,(H,19,20). The fraction of sp³-hybridized carbons (Fsp3) is 0.778. The quantitative estimate of drug-likeness (QED) is 0.611. The van der Waals surface area contributed by atoms with Crippen LogP contribution in [0.25, 0.3) is 0 Å². The van der Waals surface area contributed by atoms with Crippen molar-refractivity contribution in [1.82, 2.24) is 20.1 Å². The van der Waals surface area contributed by atoms with Crippen LogP contribution in [0, 0.1) is 5.92 Å². The minimum Gasteiger partial charge on any atom is -0.379 e. The molecular formula is C18H31N5OS. The second-order valence-corrected chi connectivity index (χ2v) is 8.01. The van der Waals surface area contributed by atoms with Gasteiger partial charge < -0.3 is 15.0 Å². The first-order chi connectivity index (χ1) is 12.3. The number of guanidine groups is 1. The summed E-state index contributed by atoms with van der Waals surface area (Å²) in [6.45, 7) is 10.4. The van der Waals surface area contributed by atoms with E-state index in [1.807, 2.05) is 24.6 Å². The molecule has 2 aliphatic rings. The van der Waals surface area contributed by atoms with Crippen molar-refractivity contribution in [2.75, 3.05) is 59.5 Å². The highest BCUT2D eigenvalue weighted by atomic mass is 32.1. The molecule has 1 unspecified atom stereocenters. The molecule has 2 fully saturated rings. The molecule has 0 saturated carbocycles. The predicted molar refractivity (Wildman–Crippen MR) is 103 cm³/mol. The molecule has 7 heteroatoms. The van der Waals surface area contributed by atoms with Crippen LogP contribution in [0.3, 0.4) is 0 Å². The molecule has 2 aliphatic heterocycles. The second kappa shape index (κ2) is 9.50. The van der Waals surface area contributed by atoms with Crippen LogP contribution in [0.15, 0.2) is 11.2 Å². The molecule has 0 amide bonds. The Morgan fingerprint density at radius 2 is 2.24 bits per heavy atom. The zero-order valence-electron chi connectivity index (χ0n) is 15.5. The van der Waals surface area contributed by atoms with E-state index in [1.54, 1.807) is 0 Å². The number of aliphatic imine (C=N–C) groups is 1. The fourth-order valence-electron chi connectivity index (χ4n) is 3.56. The van der Waals surface area contributed by atoms with E-state index in [9.17, 15) is 0 Å². The molecule has 2 saturated heterocycles. The monoisotopic (exact) mass is 365 g/mol.